The summed E-state index contributed by atoms with van der Waals surface area (Å²) in [6.45, 7) is -0.415. The second kappa shape index (κ2) is 6.40. The Morgan fingerprint density at radius 3 is 2.22 bits per heavy atom. The van der Waals surface area contributed by atoms with Crippen molar-refractivity contribution in [1.82, 2.24) is 5.32 Å². The van der Waals surface area contributed by atoms with Gasteiger partial charge in [-0.15, -0.1) is 0 Å². The van der Waals surface area contributed by atoms with Gasteiger partial charge in [0.1, 0.15) is 6.54 Å². The number of rotatable bonds is 5. The molecule has 2 amide bonds. The van der Waals surface area contributed by atoms with Gasteiger partial charge in [-0.1, -0.05) is 12.8 Å². The minimum atomic E-state index is -1.09. The van der Waals surface area contributed by atoms with Gasteiger partial charge in [0.2, 0.25) is 5.91 Å². The number of benzene rings is 1. The third-order valence-electron chi connectivity index (χ3n) is 4.77. The van der Waals surface area contributed by atoms with Crippen LogP contribution in [0.5, 0.6) is 0 Å². The fraction of sp³-hybridized carbons (Fsp3) is 0.471. The molecule has 0 aromatic heterocycles. The van der Waals surface area contributed by atoms with Gasteiger partial charge in [0.25, 0.3) is 5.91 Å². The maximum atomic E-state index is 12.3. The molecule has 0 radical (unpaired) electrons. The van der Waals surface area contributed by atoms with Gasteiger partial charge >= 0.3 is 5.97 Å². The van der Waals surface area contributed by atoms with Gasteiger partial charge in [-0.3, -0.25) is 14.4 Å². The van der Waals surface area contributed by atoms with Crippen molar-refractivity contribution < 1.29 is 19.5 Å². The first-order chi connectivity index (χ1) is 11.1. The first kappa shape index (κ1) is 15.5. The molecule has 0 heterocycles. The number of fused-ring (bicyclic) bond motifs is 1. The lowest BCUT2D eigenvalue weighted by Crippen LogP contribution is -2.29. The number of carboxylic acids is 1. The summed E-state index contributed by atoms with van der Waals surface area (Å²) in [6, 6.07) is 6.48. The third kappa shape index (κ3) is 3.52. The predicted molar refractivity (Wildman–Crippen MR) is 84.0 cm³/mol. The molecular formula is C17H20N2O4. The fourth-order valence-electron chi connectivity index (χ4n) is 3.57. The van der Waals surface area contributed by atoms with Crippen LogP contribution in [0.1, 0.15) is 36.0 Å². The Labute approximate surface area is 134 Å². The van der Waals surface area contributed by atoms with Gasteiger partial charge in [0, 0.05) is 17.2 Å². The van der Waals surface area contributed by atoms with Crippen LogP contribution in [0.4, 0.5) is 5.69 Å². The van der Waals surface area contributed by atoms with Crippen molar-refractivity contribution in [3.05, 3.63) is 29.8 Å². The topological polar surface area (TPSA) is 95.5 Å². The van der Waals surface area contributed by atoms with Gasteiger partial charge in [0.05, 0.1) is 0 Å². The van der Waals surface area contributed by atoms with Gasteiger partial charge < -0.3 is 15.7 Å². The summed E-state index contributed by atoms with van der Waals surface area (Å²) in [6.07, 6.45) is 4.77. The fourth-order valence-corrected chi connectivity index (χ4v) is 3.57. The Balaban J connectivity index is 1.54. The zero-order valence-electron chi connectivity index (χ0n) is 12.7. The number of carbonyl (C=O) groups is 3. The van der Waals surface area contributed by atoms with Gasteiger partial charge in [-0.2, -0.15) is 0 Å². The monoisotopic (exact) mass is 316 g/mol. The van der Waals surface area contributed by atoms with Crippen LogP contribution in [0.3, 0.4) is 0 Å². The summed E-state index contributed by atoms with van der Waals surface area (Å²) in [5.41, 5.74) is 1.03. The molecular weight excluding hydrogens is 296 g/mol. The minimum absolute atomic E-state index is 0.0741. The third-order valence-corrected chi connectivity index (χ3v) is 4.77. The molecule has 2 aliphatic rings. The number of amides is 2. The van der Waals surface area contributed by atoms with Crippen LogP contribution in [0.2, 0.25) is 0 Å². The Morgan fingerprint density at radius 2 is 1.65 bits per heavy atom. The number of anilines is 1. The Morgan fingerprint density at radius 1 is 1.04 bits per heavy atom. The van der Waals surface area contributed by atoms with E-state index in [4.69, 9.17) is 5.11 Å². The van der Waals surface area contributed by atoms with E-state index in [0.29, 0.717) is 23.1 Å². The number of aliphatic carboxylic acids is 1. The predicted octanol–water partition coefficient (Wildman–Crippen LogP) is 1.88. The van der Waals surface area contributed by atoms with E-state index in [1.807, 2.05) is 0 Å². The van der Waals surface area contributed by atoms with Gasteiger partial charge in [-0.25, -0.2) is 0 Å². The molecule has 3 rings (SSSR count). The van der Waals surface area contributed by atoms with Crippen molar-refractivity contribution in [3.8, 4) is 0 Å². The van der Waals surface area contributed by atoms with Crippen molar-refractivity contribution in [2.24, 2.45) is 17.8 Å². The van der Waals surface area contributed by atoms with Crippen molar-refractivity contribution in [1.29, 1.82) is 0 Å². The van der Waals surface area contributed by atoms with E-state index < -0.39 is 18.4 Å². The van der Waals surface area contributed by atoms with Crippen molar-refractivity contribution in [3.63, 3.8) is 0 Å². The van der Waals surface area contributed by atoms with Crippen molar-refractivity contribution in [2.75, 3.05) is 11.9 Å². The highest BCUT2D eigenvalue weighted by molar-refractivity contribution is 5.98. The maximum absolute atomic E-state index is 12.3. The number of hydrogen-bond acceptors (Lipinski definition) is 3. The van der Waals surface area contributed by atoms with Crippen LogP contribution in [0, 0.1) is 17.8 Å². The average molecular weight is 316 g/mol. The Bertz CT molecular complexity index is 614. The maximum Gasteiger partial charge on any atom is 0.322 e. The second-order valence-corrected chi connectivity index (χ2v) is 6.28. The number of hydrogen-bond donors (Lipinski definition) is 3. The molecule has 1 aromatic rings. The molecule has 0 bridgehead atoms. The zero-order valence-corrected chi connectivity index (χ0v) is 12.7. The largest absolute Gasteiger partial charge is 0.480 e. The zero-order chi connectivity index (χ0) is 16.4. The summed E-state index contributed by atoms with van der Waals surface area (Å²) in [4.78, 5) is 34.4. The van der Waals surface area contributed by atoms with Crippen LogP contribution in [-0.2, 0) is 9.59 Å². The van der Waals surface area contributed by atoms with E-state index in [0.717, 1.165) is 12.8 Å². The molecule has 6 nitrogen and oxygen atoms in total. The summed E-state index contributed by atoms with van der Waals surface area (Å²) in [5.74, 6) is -0.192. The van der Waals surface area contributed by atoms with Crippen LogP contribution >= 0.6 is 0 Å². The van der Waals surface area contributed by atoms with Crippen LogP contribution in [-0.4, -0.2) is 29.4 Å². The molecule has 0 spiro atoms. The van der Waals surface area contributed by atoms with E-state index in [-0.39, 0.29) is 11.8 Å². The molecule has 2 saturated carbocycles. The number of carbonyl (C=O) groups excluding carboxylic acids is 2. The van der Waals surface area contributed by atoms with E-state index in [1.165, 1.54) is 12.8 Å². The molecule has 0 aliphatic heterocycles. The highest BCUT2D eigenvalue weighted by atomic mass is 16.4. The molecule has 122 valence electrons. The molecule has 6 heteroatoms. The normalized spacial score (nSPS) is 25.1. The summed E-state index contributed by atoms with van der Waals surface area (Å²) in [7, 11) is 0. The van der Waals surface area contributed by atoms with E-state index in [2.05, 4.69) is 10.6 Å². The van der Waals surface area contributed by atoms with Crippen LogP contribution < -0.4 is 10.6 Å². The molecule has 1 aromatic carbocycles. The van der Waals surface area contributed by atoms with Crippen LogP contribution in [0.15, 0.2) is 24.3 Å². The summed E-state index contributed by atoms with van der Waals surface area (Å²) >= 11 is 0. The van der Waals surface area contributed by atoms with Gasteiger partial charge in [0.15, 0.2) is 0 Å². The number of nitrogens with one attached hydrogen (secondary N) is 2. The smallest absolute Gasteiger partial charge is 0.322 e. The van der Waals surface area contributed by atoms with E-state index in [1.54, 1.807) is 24.3 Å². The lowest BCUT2D eigenvalue weighted by molar-refractivity contribution is -0.135. The van der Waals surface area contributed by atoms with Crippen molar-refractivity contribution in [2.45, 2.75) is 25.7 Å². The highest BCUT2D eigenvalue weighted by Gasteiger charge is 2.54. The SMILES string of the molecule is O=C(O)CNC(=O)c1ccc(NC(=O)C2C3CCCCC32)cc1. The van der Waals surface area contributed by atoms with E-state index in [9.17, 15) is 14.4 Å². The highest BCUT2D eigenvalue weighted by Crippen LogP contribution is 2.55. The standard InChI is InChI=1S/C17H20N2O4/c20-14(21)9-18-16(22)10-5-7-11(8-6-10)19-17(23)15-12-3-1-2-4-13(12)15/h5-8,12-13,15H,1-4,9H2,(H,18,22)(H,19,23)(H,20,21). The molecule has 3 N–H and O–H groups in total. The van der Waals surface area contributed by atoms with Crippen molar-refractivity contribution >= 4 is 23.5 Å². The molecule has 0 saturated heterocycles. The minimum Gasteiger partial charge on any atom is -0.480 e. The first-order valence-electron chi connectivity index (χ1n) is 7.97. The second-order valence-electron chi connectivity index (χ2n) is 6.28. The lowest BCUT2D eigenvalue weighted by atomic mass is 10.0. The average Bonchev–Trinajstić information content (AvgIpc) is 3.27. The van der Waals surface area contributed by atoms with Gasteiger partial charge in [-0.05, 0) is 48.9 Å². The Kier molecular flexibility index (Phi) is 4.32. The Hall–Kier alpha value is -2.37. The molecule has 23 heavy (non-hydrogen) atoms. The van der Waals surface area contributed by atoms with Crippen LogP contribution in [0.25, 0.3) is 0 Å². The van der Waals surface area contributed by atoms with E-state index >= 15 is 0 Å². The molecule has 2 aliphatic carbocycles. The lowest BCUT2D eigenvalue weighted by Gasteiger charge is -2.06. The summed E-state index contributed by atoms with van der Waals surface area (Å²) < 4.78 is 0. The summed E-state index contributed by atoms with van der Waals surface area (Å²) in [5, 5.41) is 13.7. The quantitative estimate of drug-likeness (QED) is 0.773. The molecule has 2 unspecified atom stereocenters. The molecule has 2 atom stereocenters. The molecule has 2 fully saturated rings. The number of carboxylic acid groups (broad SMARTS) is 1. The first-order valence-corrected chi connectivity index (χ1v) is 7.97.